The van der Waals surface area contributed by atoms with Crippen molar-refractivity contribution in [2.75, 3.05) is 19.8 Å². The molecule has 5 nitrogen and oxygen atoms in total. The fourth-order valence-electron chi connectivity index (χ4n) is 3.70. The van der Waals surface area contributed by atoms with Crippen LogP contribution in [0.25, 0.3) is 0 Å². The lowest BCUT2D eigenvalue weighted by molar-refractivity contribution is 0.0969. The lowest BCUT2D eigenvalue weighted by Crippen LogP contribution is -2.26. The van der Waals surface area contributed by atoms with Gasteiger partial charge in [0.05, 0.1) is 19.3 Å². The van der Waals surface area contributed by atoms with E-state index in [4.69, 9.17) is 9.84 Å². The Labute approximate surface area is 201 Å². The molecule has 1 atom stereocenters. The quantitative estimate of drug-likeness (QED) is 0.109. The van der Waals surface area contributed by atoms with Gasteiger partial charge in [0.2, 0.25) is 0 Å². The highest BCUT2D eigenvalue weighted by atomic mass is 16.5. The normalized spacial score (nSPS) is 12.2. The van der Waals surface area contributed by atoms with Gasteiger partial charge in [0.25, 0.3) is 0 Å². The highest BCUT2D eigenvalue weighted by Crippen LogP contribution is 2.15. The molecule has 0 aliphatic rings. The number of ketones is 1. The zero-order valence-corrected chi connectivity index (χ0v) is 20.8. The molecule has 0 aliphatic heterocycles. The van der Waals surface area contributed by atoms with Crippen molar-refractivity contribution in [3.63, 3.8) is 0 Å². The largest absolute Gasteiger partial charge is 0.494 e. The molecule has 188 valence electrons. The van der Waals surface area contributed by atoms with Crippen molar-refractivity contribution in [1.29, 1.82) is 0 Å². The molecule has 1 rings (SSSR count). The van der Waals surface area contributed by atoms with Gasteiger partial charge in [-0.05, 0) is 30.7 Å². The number of nitrogens with one attached hydrogen (secondary N) is 1. The number of benzene rings is 1. The topological polar surface area (TPSA) is 78.8 Å². The van der Waals surface area contributed by atoms with Gasteiger partial charge < -0.3 is 20.3 Å². The van der Waals surface area contributed by atoms with E-state index >= 15 is 0 Å². The SMILES string of the molecule is CCCCCCCCCCCCCCCCOc1ccc(C(=O)/C=C/NCC(O)CO)cc1. The van der Waals surface area contributed by atoms with Crippen LogP contribution in [0.15, 0.2) is 36.5 Å². The average Bonchev–Trinajstić information content (AvgIpc) is 2.84. The van der Waals surface area contributed by atoms with Gasteiger partial charge >= 0.3 is 0 Å². The predicted molar refractivity (Wildman–Crippen MR) is 137 cm³/mol. The number of carbonyl (C=O) groups excluding carboxylic acids is 1. The fraction of sp³-hybridized carbons (Fsp3) is 0.679. The molecule has 0 aromatic heterocycles. The van der Waals surface area contributed by atoms with Gasteiger partial charge in [0.15, 0.2) is 5.78 Å². The standard InChI is InChI=1S/C28H47NO4/c1-2-3-4-5-6-7-8-9-10-11-12-13-14-15-22-33-27-18-16-25(17-19-27)28(32)20-21-29-23-26(31)24-30/h16-21,26,29-31H,2-15,22-24H2,1H3/b21-20+. The highest BCUT2D eigenvalue weighted by molar-refractivity contribution is 6.04. The first-order chi connectivity index (χ1) is 16.2. The van der Waals surface area contributed by atoms with Crippen LogP contribution in [0.5, 0.6) is 5.75 Å². The van der Waals surface area contributed by atoms with Crippen molar-refractivity contribution in [2.45, 2.75) is 103 Å². The molecule has 1 aromatic rings. The van der Waals surface area contributed by atoms with Crippen LogP contribution in [0.3, 0.4) is 0 Å². The fourth-order valence-corrected chi connectivity index (χ4v) is 3.70. The molecule has 0 bridgehead atoms. The summed E-state index contributed by atoms with van der Waals surface area (Å²) in [4.78, 5) is 12.1. The first-order valence-corrected chi connectivity index (χ1v) is 13.1. The molecule has 0 aliphatic carbocycles. The van der Waals surface area contributed by atoms with Crippen LogP contribution in [0.2, 0.25) is 0 Å². The predicted octanol–water partition coefficient (Wildman–Crippen LogP) is 6.19. The van der Waals surface area contributed by atoms with E-state index in [0.29, 0.717) is 12.2 Å². The summed E-state index contributed by atoms with van der Waals surface area (Å²) in [5.74, 6) is 0.661. The van der Waals surface area contributed by atoms with Crippen LogP contribution in [0, 0.1) is 0 Å². The summed E-state index contributed by atoms with van der Waals surface area (Å²) in [5, 5.41) is 20.8. The maximum absolute atomic E-state index is 12.1. The second kappa shape index (κ2) is 20.7. The van der Waals surface area contributed by atoms with E-state index in [1.807, 2.05) is 12.1 Å². The van der Waals surface area contributed by atoms with Crippen molar-refractivity contribution in [3.8, 4) is 5.75 Å². The second-order valence-corrected chi connectivity index (χ2v) is 8.91. The number of carbonyl (C=O) groups is 1. The number of aliphatic hydroxyl groups is 2. The van der Waals surface area contributed by atoms with Gasteiger partial charge in [-0.3, -0.25) is 4.79 Å². The Kier molecular flexibility index (Phi) is 18.3. The van der Waals surface area contributed by atoms with Crippen molar-refractivity contribution in [2.24, 2.45) is 0 Å². The van der Waals surface area contributed by atoms with Gasteiger partial charge in [0, 0.05) is 24.4 Å². The Morgan fingerprint density at radius 3 is 1.91 bits per heavy atom. The summed E-state index contributed by atoms with van der Waals surface area (Å²) in [6.45, 7) is 2.87. The summed E-state index contributed by atoms with van der Waals surface area (Å²) >= 11 is 0. The van der Waals surface area contributed by atoms with Crippen LogP contribution in [0.4, 0.5) is 0 Å². The zero-order valence-electron chi connectivity index (χ0n) is 20.8. The maximum atomic E-state index is 12.1. The molecule has 0 radical (unpaired) electrons. The van der Waals surface area contributed by atoms with Crippen molar-refractivity contribution in [1.82, 2.24) is 5.32 Å². The Morgan fingerprint density at radius 2 is 1.39 bits per heavy atom. The highest BCUT2D eigenvalue weighted by Gasteiger charge is 2.03. The third-order valence-electron chi connectivity index (χ3n) is 5.82. The molecule has 1 aromatic carbocycles. The first-order valence-electron chi connectivity index (χ1n) is 13.1. The minimum atomic E-state index is -0.832. The molecule has 3 N–H and O–H groups in total. The molecule has 5 heteroatoms. The molecule has 0 fully saturated rings. The van der Waals surface area contributed by atoms with Crippen LogP contribution >= 0.6 is 0 Å². The van der Waals surface area contributed by atoms with Gasteiger partial charge in [0.1, 0.15) is 5.75 Å². The van der Waals surface area contributed by atoms with Crippen LogP contribution in [0.1, 0.15) is 107 Å². The van der Waals surface area contributed by atoms with Gasteiger partial charge in [-0.25, -0.2) is 0 Å². The van der Waals surface area contributed by atoms with Gasteiger partial charge in [-0.15, -0.1) is 0 Å². The minimum Gasteiger partial charge on any atom is -0.494 e. The van der Waals surface area contributed by atoms with E-state index in [9.17, 15) is 9.90 Å². The van der Waals surface area contributed by atoms with E-state index in [2.05, 4.69) is 12.2 Å². The Balaban J connectivity index is 1.99. The molecule has 1 unspecified atom stereocenters. The average molecular weight is 462 g/mol. The number of allylic oxidation sites excluding steroid dienone is 1. The van der Waals surface area contributed by atoms with Crippen molar-refractivity contribution < 1.29 is 19.7 Å². The van der Waals surface area contributed by atoms with Crippen molar-refractivity contribution in [3.05, 3.63) is 42.1 Å². The minimum absolute atomic E-state index is 0.125. The van der Waals surface area contributed by atoms with E-state index in [-0.39, 0.29) is 18.9 Å². The molecule has 0 saturated carbocycles. The van der Waals surface area contributed by atoms with Crippen LogP contribution in [-0.2, 0) is 0 Å². The number of unbranched alkanes of at least 4 members (excludes halogenated alkanes) is 13. The van der Waals surface area contributed by atoms with Crippen molar-refractivity contribution >= 4 is 5.78 Å². The van der Waals surface area contributed by atoms with Gasteiger partial charge in [-0.2, -0.15) is 0 Å². The monoisotopic (exact) mass is 461 g/mol. The molecule has 0 amide bonds. The van der Waals surface area contributed by atoms with E-state index in [1.165, 1.54) is 95.7 Å². The number of ether oxygens (including phenoxy) is 1. The summed E-state index contributed by atoms with van der Waals surface area (Å²) in [5.41, 5.74) is 0.583. The lowest BCUT2D eigenvalue weighted by atomic mass is 10.0. The molecular formula is C28H47NO4. The number of aliphatic hydroxyl groups excluding tert-OH is 2. The molecule has 0 heterocycles. The molecule has 33 heavy (non-hydrogen) atoms. The first kappa shape index (κ1) is 29.2. The summed E-state index contributed by atoms with van der Waals surface area (Å²) in [6.07, 6.45) is 20.9. The second-order valence-electron chi connectivity index (χ2n) is 8.91. The summed E-state index contributed by atoms with van der Waals surface area (Å²) in [7, 11) is 0. The summed E-state index contributed by atoms with van der Waals surface area (Å²) < 4.78 is 5.79. The zero-order chi connectivity index (χ0) is 24.0. The molecule has 0 spiro atoms. The van der Waals surface area contributed by atoms with Crippen LogP contribution in [-0.4, -0.2) is 41.9 Å². The molecular weight excluding hydrogens is 414 g/mol. The third-order valence-corrected chi connectivity index (χ3v) is 5.82. The van der Waals surface area contributed by atoms with E-state index in [0.717, 1.165) is 12.2 Å². The lowest BCUT2D eigenvalue weighted by Gasteiger charge is -2.07. The van der Waals surface area contributed by atoms with Crippen LogP contribution < -0.4 is 10.1 Å². The molecule has 0 saturated heterocycles. The Bertz CT molecular complexity index is 615. The number of hydrogen-bond donors (Lipinski definition) is 3. The van der Waals surface area contributed by atoms with E-state index in [1.54, 1.807) is 12.1 Å². The number of hydrogen-bond acceptors (Lipinski definition) is 5. The Morgan fingerprint density at radius 1 is 0.879 bits per heavy atom. The van der Waals surface area contributed by atoms with E-state index < -0.39 is 6.10 Å². The smallest absolute Gasteiger partial charge is 0.187 e. The Hall–Kier alpha value is -1.85. The van der Waals surface area contributed by atoms with Gasteiger partial charge in [-0.1, -0.05) is 90.4 Å². The maximum Gasteiger partial charge on any atom is 0.187 e. The third kappa shape index (κ3) is 16.4. The summed E-state index contributed by atoms with van der Waals surface area (Å²) in [6, 6.07) is 7.17. The number of rotatable bonds is 22.